The van der Waals surface area contributed by atoms with Crippen molar-refractivity contribution in [1.29, 1.82) is 0 Å². The highest BCUT2D eigenvalue weighted by atomic mass is 32.1. The molecule has 0 atom stereocenters. The maximum absolute atomic E-state index is 12.2. The average molecular weight is 809 g/mol. The molecule has 12 heteroatoms. The van der Waals surface area contributed by atoms with Gasteiger partial charge in [-0.25, -0.2) is 9.59 Å². The van der Waals surface area contributed by atoms with Crippen LogP contribution in [0, 0.1) is 0 Å². The van der Waals surface area contributed by atoms with E-state index in [1.807, 2.05) is 36.4 Å². The van der Waals surface area contributed by atoms with Gasteiger partial charge in [-0.15, -0.1) is 22.7 Å². The van der Waals surface area contributed by atoms with Crippen molar-refractivity contribution in [2.24, 2.45) is 0 Å². The molecule has 0 unspecified atom stereocenters. The van der Waals surface area contributed by atoms with Crippen LogP contribution in [-0.4, -0.2) is 60.7 Å². The number of hydrogen-bond acceptors (Lipinski definition) is 9. The predicted molar refractivity (Wildman–Crippen MR) is 225 cm³/mol. The Bertz CT molecular complexity index is 2480. The van der Waals surface area contributed by atoms with Crippen molar-refractivity contribution >= 4 is 55.0 Å². The molecular weight excluding hydrogens is 761 g/mol. The maximum Gasteiger partial charge on any atom is 0.348 e. The fourth-order valence-corrected chi connectivity index (χ4v) is 11.9. The van der Waals surface area contributed by atoms with E-state index in [9.17, 15) is 14.7 Å². The van der Waals surface area contributed by atoms with Gasteiger partial charge in [0.1, 0.15) is 46.0 Å². The summed E-state index contributed by atoms with van der Waals surface area (Å²) in [7, 11) is 4.79. The number of carbonyl (C=O) groups excluding carboxylic acids is 1. The number of ether oxygens (including phenoxy) is 5. The molecule has 2 aromatic carbocycles. The lowest BCUT2D eigenvalue weighted by Crippen LogP contribution is -2.08. The summed E-state index contributed by atoms with van der Waals surface area (Å²) in [4.78, 5) is 24.9. The molecule has 0 saturated heterocycles. The van der Waals surface area contributed by atoms with Crippen LogP contribution in [0.5, 0.6) is 23.0 Å². The van der Waals surface area contributed by atoms with E-state index < -0.39 is 5.97 Å². The minimum absolute atomic E-state index is 0.259. The minimum Gasteiger partial charge on any atom is -0.497 e. The molecule has 0 amide bonds. The third kappa shape index (κ3) is 6.74. The molecule has 6 aromatic rings. The van der Waals surface area contributed by atoms with E-state index in [2.05, 4.69) is 21.3 Å². The molecule has 2 aliphatic heterocycles. The Labute approximate surface area is 339 Å². The SMILES string of the molecule is COC(=O)c1cc2c(s1)c(C1CCCCC1)c1n2CCOc2cc(OC)ccc2-1.COc1ccc2c(c1)OCCn1c-2c(C2CCCCC2)c2sc(C(=O)O)cc21. The van der Waals surface area contributed by atoms with Crippen molar-refractivity contribution < 1.29 is 38.4 Å². The quantitative estimate of drug-likeness (QED) is 0.166. The number of thiophene rings is 2. The fourth-order valence-electron chi connectivity index (χ4n) is 9.57. The molecule has 4 aliphatic rings. The van der Waals surface area contributed by atoms with E-state index in [-0.39, 0.29) is 5.97 Å². The smallest absolute Gasteiger partial charge is 0.348 e. The van der Waals surface area contributed by atoms with Crippen LogP contribution in [0.2, 0.25) is 0 Å². The van der Waals surface area contributed by atoms with Gasteiger partial charge in [0, 0.05) is 23.3 Å². The van der Waals surface area contributed by atoms with Crippen molar-refractivity contribution in [2.45, 2.75) is 89.1 Å². The number of hydrogen-bond donors (Lipinski definition) is 1. The summed E-state index contributed by atoms with van der Waals surface area (Å²) in [6.07, 6.45) is 12.3. The van der Waals surface area contributed by atoms with E-state index in [1.54, 1.807) is 25.6 Å². The monoisotopic (exact) mass is 808 g/mol. The van der Waals surface area contributed by atoms with Crippen molar-refractivity contribution in [1.82, 2.24) is 9.13 Å². The van der Waals surface area contributed by atoms with Crippen molar-refractivity contribution in [3.8, 4) is 45.5 Å². The number of methoxy groups -OCH3 is 3. The number of aromatic carboxylic acids is 1. The van der Waals surface area contributed by atoms with Crippen LogP contribution in [0.4, 0.5) is 0 Å². The van der Waals surface area contributed by atoms with Gasteiger partial charge in [0.2, 0.25) is 0 Å². The molecule has 10 nitrogen and oxygen atoms in total. The number of benzene rings is 2. The molecule has 0 spiro atoms. The molecule has 6 heterocycles. The van der Waals surface area contributed by atoms with Gasteiger partial charge in [0.25, 0.3) is 0 Å². The van der Waals surface area contributed by atoms with Crippen LogP contribution >= 0.6 is 22.7 Å². The lowest BCUT2D eigenvalue weighted by molar-refractivity contribution is 0.0605. The highest BCUT2D eigenvalue weighted by molar-refractivity contribution is 7.21. The van der Waals surface area contributed by atoms with Gasteiger partial charge >= 0.3 is 11.9 Å². The fraction of sp³-hybridized carbons (Fsp3) is 0.422. The number of aromatic nitrogens is 2. The summed E-state index contributed by atoms with van der Waals surface area (Å²) in [6, 6.07) is 16.0. The zero-order valence-electron chi connectivity index (χ0n) is 32.7. The van der Waals surface area contributed by atoms with Crippen LogP contribution in [-0.2, 0) is 17.8 Å². The molecule has 298 valence electrons. The minimum atomic E-state index is -0.847. The highest BCUT2D eigenvalue weighted by Gasteiger charge is 2.33. The molecule has 2 fully saturated rings. The maximum atomic E-state index is 12.2. The van der Waals surface area contributed by atoms with Gasteiger partial charge in [-0.1, -0.05) is 38.5 Å². The summed E-state index contributed by atoms with van der Waals surface area (Å²) in [5.41, 5.74) is 9.53. The van der Waals surface area contributed by atoms with E-state index >= 15 is 0 Å². The number of nitrogens with zero attached hydrogens (tertiary/aromatic N) is 2. The number of rotatable bonds is 6. The Morgan fingerprint density at radius 2 is 1.11 bits per heavy atom. The third-order valence-electron chi connectivity index (χ3n) is 12.2. The van der Waals surface area contributed by atoms with Crippen LogP contribution < -0.4 is 18.9 Å². The predicted octanol–water partition coefficient (Wildman–Crippen LogP) is 11.1. The Balaban J connectivity index is 0.000000148. The zero-order chi connectivity index (χ0) is 39.2. The van der Waals surface area contributed by atoms with Gasteiger partial charge in [-0.05, 0) is 85.0 Å². The van der Waals surface area contributed by atoms with Crippen LogP contribution in [0.15, 0.2) is 48.5 Å². The van der Waals surface area contributed by atoms with E-state index in [0.29, 0.717) is 41.3 Å². The van der Waals surface area contributed by atoms with Gasteiger partial charge in [0.15, 0.2) is 0 Å². The number of fused-ring (bicyclic) bond motifs is 10. The number of carboxylic acids is 1. The Hall–Kier alpha value is -4.94. The van der Waals surface area contributed by atoms with Crippen molar-refractivity contribution in [3.63, 3.8) is 0 Å². The first-order valence-corrected chi connectivity index (χ1v) is 21.8. The highest BCUT2D eigenvalue weighted by Crippen LogP contribution is 2.51. The molecule has 10 rings (SSSR count). The Morgan fingerprint density at radius 3 is 1.54 bits per heavy atom. The largest absolute Gasteiger partial charge is 0.497 e. The number of esters is 1. The molecule has 57 heavy (non-hydrogen) atoms. The summed E-state index contributed by atoms with van der Waals surface area (Å²) >= 11 is 2.99. The topological polar surface area (TPSA) is 110 Å². The summed E-state index contributed by atoms with van der Waals surface area (Å²) in [5.74, 6) is 3.19. The van der Waals surface area contributed by atoms with Crippen LogP contribution in [0.3, 0.4) is 0 Å². The molecule has 2 aliphatic carbocycles. The van der Waals surface area contributed by atoms with Crippen LogP contribution in [0.25, 0.3) is 42.9 Å². The standard InChI is InChI=1S/C23H25NO4S.C22H23NO4S/c1-26-15-8-9-16-18(12-15)28-11-10-24-17-13-19(23(25)27-2)29-22(17)20(21(16)24)14-6-4-3-5-7-14;1-26-14-7-8-15-17(11-14)27-10-9-23-16-12-18(22(24)25)28-21(16)19(20(15)23)13-5-3-2-4-6-13/h8-9,12-14H,3-7,10-11H2,1-2H3;7-8,11-13H,2-6,9-10H2,1H3,(H,24,25). The summed E-state index contributed by atoms with van der Waals surface area (Å²) in [5, 5.41) is 9.54. The van der Waals surface area contributed by atoms with E-state index in [4.69, 9.17) is 23.7 Å². The van der Waals surface area contributed by atoms with E-state index in [0.717, 1.165) is 56.4 Å². The number of carboxylic acid groups (broad SMARTS) is 1. The Kier molecular flexibility index (Phi) is 10.4. The molecule has 0 bridgehead atoms. The van der Waals surface area contributed by atoms with Crippen LogP contribution in [0.1, 0.15) is 107 Å². The summed E-state index contributed by atoms with van der Waals surface area (Å²) < 4.78 is 35.0. The first-order chi connectivity index (χ1) is 27.9. The first-order valence-electron chi connectivity index (χ1n) is 20.1. The van der Waals surface area contributed by atoms with E-state index in [1.165, 1.54) is 110 Å². The summed E-state index contributed by atoms with van der Waals surface area (Å²) in [6.45, 7) is 2.61. The third-order valence-corrected chi connectivity index (χ3v) is 14.5. The lowest BCUT2D eigenvalue weighted by atomic mass is 9.83. The second-order valence-corrected chi connectivity index (χ2v) is 17.5. The Morgan fingerprint density at radius 1 is 0.649 bits per heavy atom. The average Bonchev–Trinajstić information content (AvgIpc) is 3.95. The zero-order valence-corrected chi connectivity index (χ0v) is 34.3. The lowest BCUT2D eigenvalue weighted by Gasteiger charge is -2.23. The molecule has 2 saturated carbocycles. The second-order valence-electron chi connectivity index (χ2n) is 15.4. The van der Waals surface area contributed by atoms with Gasteiger partial charge in [-0.2, -0.15) is 0 Å². The number of carbonyl (C=O) groups is 2. The molecule has 1 N–H and O–H groups in total. The molecular formula is C45H48N2O8S2. The van der Waals surface area contributed by atoms with Crippen molar-refractivity contribution in [2.75, 3.05) is 34.5 Å². The normalized spacial score (nSPS) is 16.8. The molecule has 0 radical (unpaired) electrons. The van der Waals surface area contributed by atoms with Gasteiger partial charge in [-0.3, -0.25) is 0 Å². The first kappa shape index (κ1) is 37.6. The molecule has 4 aromatic heterocycles. The van der Waals surface area contributed by atoms with Gasteiger partial charge in [0.05, 0.1) is 66.2 Å². The second kappa shape index (κ2) is 15.8. The van der Waals surface area contributed by atoms with Gasteiger partial charge < -0.3 is 37.9 Å². The van der Waals surface area contributed by atoms with Crippen molar-refractivity contribution in [3.05, 3.63) is 69.4 Å².